The van der Waals surface area contributed by atoms with Crippen LogP contribution in [0.5, 0.6) is 0 Å². The van der Waals surface area contributed by atoms with Crippen molar-refractivity contribution in [1.82, 2.24) is 0 Å². The van der Waals surface area contributed by atoms with Crippen molar-refractivity contribution in [2.45, 2.75) is 13.3 Å². The largest absolute Gasteiger partial charge is 0.385 e. The monoisotopic (exact) mass is 288 g/mol. The van der Waals surface area contributed by atoms with Crippen LogP contribution in [0, 0.1) is 6.92 Å². The zero-order valence-electron chi connectivity index (χ0n) is 11.3. The van der Waals surface area contributed by atoms with Gasteiger partial charge >= 0.3 is 0 Å². The van der Waals surface area contributed by atoms with E-state index in [1.165, 1.54) is 5.56 Å². The molecular formula is C16H17ClN2O. The van der Waals surface area contributed by atoms with E-state index < -0.39 is 0 Å². The number of nitrogens with one attached hydrogen (secondary N) is 2. The Kier molecular flexibility index (Phi) is 5.02. The van der Waals surface area contributed by atoms with Crippen LogP contribution in [-0.4, -0.2) is 12.5 Å². The van der Waals surface area contributed by atoms with Crippen LogP contribution in [0.4, 0.5) is 11.4 Å². The van der Waals surface area contributed by atoms with Crippen molar-refractivity contribution in [1.29, 1.82) is 0 Å². The van der Waals surface area contributed by atoms with Crippen LogP contribution < -0.4 is 10.6 Å². The summed E-state index contributed by atoms with van der Waals surface area (Å²) >= 11 is 5.79. The van der Waals surface area contributed by atoms with E-state index in [1.807, 2.05) is 25.1 Å². The Balaban J connectivity index is 1.76. The second-order valence-electron chi connectivity index (χ2n) is 4.60. The zero-order chi connectivity index (χ0) is 14.4. The fourth-order valence-corrected chi connectivity index (χ4v) is 1.96. The summed E-state index contributed by atoms with van der Waals surface area (Å²) in [7, 11) is 0. The van der Waals surface area contributed by atoms with E-state index in [2.05, 4.69) is 16.7 Å². The summed E-state index contributed by atoms with van der Waals surface area (Å²) in [5.41, 5.74) is 2.99. The number of halogens is 1. The summed E-state index contributed by atoms with van der Waals surface area (Å²) in [5, 5.41) is 6.72. The molecule has 4 heteroatoms. The summed E-state index contributed by atoms with van der Waals surface area (Å²) in [6, 6.07) is 15.2. The average Bonchev–Trinajstić information content (AvgIpc) is 2.41. The van der Waals surface area contributed by atoms with Crippen LogP contribution in [-0.2, 0) is 4.79 Å². The first kappa shape index (κ1) is 14.4. The number of amides is 1. The molecule has 0 unspecified atom stereocenters. The topological polar surface area (TPSA) is 41.1 Å². The van der Waals surface area contributed by atoms with E-state index in [1.54, 1.807) is 24.3 Å². The predicted octanol–water partition coefficient (Wildman–Crippen LogP) is 4.09. The maximum absolute atomic E-state index is 11.8. The molecule has 20 heavy (non-hydrogen) atoms. The van der Waals surface area contributed by atoms with Gasteiger partial charge in [-0.05, 0) is 48.9 Å². The number of carbonyl (C=O) groups is 1. The molecule has 0 atom stereocenters. The number of aryl methyl sites for hydroxylation is 1. The molecule has 0 aromatic heterocycles. The van der Waals surface area contributed by atoms with Gasteiger partial charge in [-0.2, -0.15) is 0 Å². The molecule has 0 heterocycles. The fraction of sp³-hybridized carbons (Fsp3) is 0.188. The number of rotatable bonds is 5. The molecule has 0 aliphatic rings. The van der Waals surface area contributed by atoms with Crippen molar-refractivity contribution in [2.24, 2.45) is 0 Å². The summed E-state index contributed by atoms with van der Waals surface area (Å²) < 4.78 is 0. The van der Waals surface area contributed by atoms with Gasteiger partial charge in [-0.15, -0.1) is 0 Å². The third kappa shape index (κ3) is 4.59. The fourth-order valence-electron chi connectivity index (χ4n) is 1.83. The van der Waals surface area contributed by atoms with Crippen molar-refractivity contribution < 1.29 is 4.79 Å². The molecular weight excluding hydrogens is 272 g/mol. The minimum atomic E-state index is -0.0209. The Labute approximate surface area is 124 Å². The van der Waals surface area contributed by atoms with Crippen molar-refractivity contribution >= 4 is 28.9 Å². The molecule has 3 nitrogen and oxygen atoms in total. The SMILES string of the molecule is Cc1cccc(NCCC(=O)Nc2ccc(Cl)cc2)c1. The molecule has 2 aromatic carbocycles. The van der Waals surface area contributed by atoms with Crippen LogP contribution in [0.25, 0.3) is 0 Å². The van der Waals surface area contributed by atoms with Gasteiger partial charge in [0, 0.05) is 29.4 Å². The number of carbonyl (C=O) groups excluding carboxylic acids is 1. The highest BCUT2D eigenvalue weighted by Gasteiger charge is 2.02. The lowest BCUT2D eigenvalue weighted by Crippen LogP contribution is -2.16. The molecule has 0 fully saturated rings. The molecule has 0 aliphatic carbocycles. The van der Waals surface area contributed by atoms with Crippen LogP contribution in [0.3, 0.4) is 0 Å². The normalized spacial score (nSPS) is 10.1. The summed E-state index contributed by atoms with van der Waals surface area (Å²) in [6.45, 7) is 2.64. The predicted molar refractivity (Wildman–Crippen MR) is 84.4 cm³/mol. The first-order chi connectivity index (χ1) is 9.63. The number of hydrogen-bond donors (Lipinski definition) is 2. The third-order valence-corrected chi connectivity index (χ3v) is 3.08. The summed E-state index contributed by atoms with van der Waals surface area (Å²) in [4.78, 5) is 11.8. The second kappa shape index (κ2) is 6.96. The Morgan fingerprint density at radius 1 is 1.10 bits per heavy atom. The maximum atomic E-state index is 11.8. The lowest BCUT2D eigenvalue weighted by molar-refractivity contribution is -0.115. The highest BCUT2D eigenvalue weighted by atomic mass is 35.5. The van der Waals surface area contributed by atoms with E-state index in [-0.39, 0.29) is 5.91 Å². The van der Waals surface area contributed by atoms with Crippen LogP contribution in [0.1, 0.15) is 12.0 Å². The van der Waals surface area contributed by atoms with Crippen molar-refractivity contribution in [3.05, 3.63) is 59.1 Å². The van der Waals surface area contributed by atoms with Crippen LogP contribution >= 0.6 is 11.6 Å². The molecule has 1 amide bonds. The molecule has 0 aliphatic heterocycles. The Hall–Kier alpha value is -2.00. The molecule has 2 N–H and O–H groups in total. The van der Waals surface area contributed by atoms with Gasteiger partial charge in [0.25, 0.3) is 0 Å². The number of hydrogen-bond acceptors (Lipinski definition) is 2. The van der Waals surface area contributed by atoms with Crippen molar-refractivity contribution in [3.63, 3.8) is 0 Å². The molecule has 2 aromatic rings. The molecule has 0 bridgehead atoms. The molecule has 0 radical (unpaired) electrons. The van der Waals surface area contributed by atoms with E-state index in [0.29, 0.717) is 18.0 Å². The van der Waals surface area contributed by atoms with Gasteiger partial charge in [-0.1, -0.05) is 23.7 Å². The standard InChI is InChI=1S/C16H17ClN2O/c1-12-3-2-4-15(11-12)18-10-9-16(20)19-14-7-5-13(17)6-8-14/h2-8,11,18H,9-10H2,1H3,(H,19,20). The van der Waals surface area contributed by atoms with Gasteiger partial charge in [0.15, 0.2) is 0 Å². The lowest BCUT2D eigenvalue weighted by atomic mass is 10.2. The quantitative estimate of drug-likeness (QED) is 0.870. The van der Waals surface area contributed by atoms with E-state index in [4.69, 9.17) is 11.6 Å². The third-order valence-electron chi connectivity index (χ3n) is 2.83. The van der Waals surface area contributed by atoms with Crippen LogP contribution in [0.2, 0.25) is 5.02 Å². The van der Waals surface area contributed by atoms with Gasteiger partial charge in [-0.25, -0.2) is 0 Å². The second-order valence-corrected chi connectivity index (χ2v) is 5.04. The van der Waals surface area contributed by atoms with Crippen molar-refractivity contribution in [2.75, 3.05) is 17.2 Å². The Morgan fingerprint density at radius 3 is 2.55 bits per heavy atom. The number of benzene rings is 2. The van der Waals surface area contributed by atoms with E-state index >= 15 is 0 Å². The maximum Gasteiger partial charge on any atom is 0.226 e. The Morgan fingerprint density at radius 2 is 1.85 bits per heavy atom. The van der Waals surface area contributed by atoms with Gasteiger partial charge in [0.05, 0.1) is 0 Å². The molecule has 104 valence electrons. The zero-order valence-corrected chi connectivity index (χ0v) is 12.1. The molecule has 0 saturated heterocycles. The molecule has 0 spiro atoms. The smallest absolute Gasteiger partial charge is 0.226 e. The molecule has 0 saturated carbocycles. The van der Waals surface area contributed by atoms with Crippen molar-refractivity contribution in [3.8, 4) is 0 Å². The minimum absolute atomic E-state index is 0.0209. The number of anilines is 2. The van der Waals surface area contributed by atoms with Gasteiger partial charge in [0.1, 0.15) is 0 Å². The van der Waals surface area contributed by atoms with Gasteiger partial charge < -0.3 is 10.6 Å². The summed E-state index contributed by atoms with van der Waals surface area (Å²) in [5.74, 6) is -0.0209. The highest BCUT2D eigenvalue weighted by Crippen LogP contribution is 2.13. The lowest BCUT2D eigenvalue weighted by Gasteiger charge is -2.08. The first-order valence-corrected chi connectivity index (χ1v) is 6.87. The molecule has 2 rings (SSSR count). The Bertz CT molecular complexity index is 581. The van der Waals surface area contributed by atoms with Gasteiger partial charge in [-0.3, -0.25) is 4.79 Å². The minimum Gasteiger partial charge on any atom is -0.385 e. The van der Waals surface area contributed by atoms with E-state index in [0.717, 1.165) is 11.4 Å². The van der Waals surface area contributed by atoms with Crippen LogP contribution in [0.15, 0.2) is 48.5 Å². The highest BCUT2D eigenvalue weighted by molar-refractivity contribution is 6.30. The summed E-state index contributed by atoms with van der Waals surface area (Å²) in [6.07, 6.45) is 0.413. The average molecular weight is 289 g/mol. The van der Waals surface area contributed by atoms with Gasteiger partial charge in [0.2, 0.25) is 5.91 Å². The van der Waals surface area contributed by atoms with E-state index in [9.17, 15) is 4.79 Å². The first-order valence-electron chi connectivity index (χ1n) is 6.49.